The predicted molar refractivity (Wildman–Crippen MR) is 97.5 cm³/mol. The predicted octanol–water partition coefficient (Wildman–Crippen LogP) is 4.59. The molecule has 3 nitrogen and oxygen atoms in total. The Morgan fingerprint density at radius 2 is 2.00 bits per heavy atom. The van der Waals surface area contributed by atoms with Gasteiger partial charge in [-0.2, -0.15) is 0 Å². The Bertz CT molecular complexity index is 880. The molecular formula is C20H19ClN2O. The average Bonchev–Trinajstić information content (AvgIpc) is 2.76. The van der Waals surface area contributed by atoms with Gasteiger partial charge in [0, 0.05) is 35.6 Å². The maximum absolute atomic E-state index is 6.23. The fourth-order valence-corrected chi connectivity index (χ4v) is 3.30. The summed E-state index contributed by atoms with van der Waals surface area (Å²) in [5.41, 5.74) is 4.41. The van der Waals surface area contributed by atoms with Crippen molar-refractivity contribution in [3.63, 3.8) is 0 Å². The highest BCUT2D eigenvalue weighted by molar-refractivity contribution is 6.32. The van der Waals surface area contributed by atoms with E-state index in [1.807, 2.05) is 19.1 Å². The minimum Gasteiger partial charge on any atom is -0.476 e. The summed E-state index contributed by atoms with van der Waals surface area (Å²) in [6.07, 6.45) is 0. The first-order valence-corrected chi connectivity index (χ1v) is 8.56. The Morgan fingerprint density at radius 1 is 1.17 bits per heavy atom. The van der Waals surface area contributed by atoms with E-state index < -0.39 is 0 Å². The van der Waals surface area contributed by atoms with E-state index in [-0.39, 0.29) is 0 Å². The van der Waals surface area contributed by atoms with E-state index >= 15 is 0 Å². The number of ether oxygens (including phenoxy) is 1. The number of nitrogens with zero attached hydrogens (tertiary/aromatic N) is 2. The summed E-state index contributed by atoms with van der Waals surface area (Å²) in [5.74, 6) is 0.734. The smallest absolute Gasteiger partial charge is 0.218 e. The lowest BCUT2D eigenvalue weighted by Crippen LogP contribution is -2.25. The summed E-state index contributed by atoms with van der Waals surface area (Å²) >= 11 is 6.23. The first-order valence-electron chi connectivity index (χ1n) is 8.18. The van der Waals surface area contributed by atoms with E-state index in [2.05, 4.69) is 46.3 Å². The fourth-order valence-electron chi connectivity index (χ4n) is 3.14. The van der Waals surface area contributed by atoms with Gasteiger partial charge >= 0.3 is 0 Å². The van der Waals surface area contributed by atoms with Crippen LogP contribution < -0.4 is 4.74 Å². The fraction of sp³-hybridized carbons (Fsp3) is 0.250. The molecule has 2 heterocycles. The van der Waals surface area contributed by atoms with Gasteiger partial charge in [-0.3, -0.25) is 4.90 Å². The minimum atomic E-state index is 0.651. The second-order valence-corrected chi connectivity index (χ2v) is 6.70. The molecule has 0 amide bonds. The van der Waals surface area contributed by atoms with E-state index in [0.717, 1.165) is 52.6 Å². The molecular weight excluding hydrogens is 320 g/mol. The molecule has 2 aromatic carbocycles. The normalized spacial score (nSPS) is 14.9. The molecule has 0 spiro atoms. The van der Waals surface area contributed by atoms with E-state index in [1.165, 1.54) is 5.56 Å². The molecule has 3 aromatic rings. The van der Waals surface area contributed by atoms with Crippen LogP contribution in [0.2, 0.25) is 5.02 Å². The number of aromatic nitrogens is 1. The van der Waals surface area contributed by atoms with Crippen LogP contribution in [0.4, 0.5) is 0 Å². The molecule has 1 aliphatic rings. The van der Waals surface area contributed by atoms with Crippen molar-refractivity contribution in [3.8, 4) is 5.88 Å². The molecule has 0 fully saturated rings. The molecule has 122 valence electrons. The highest BCUT2D eigenvalue weighted by Crippen LogP contribution is 2.29. The summed E-state index contributed by atoms with van der Waals surface area (Å²) in [7, 11) is 0. The van der Waals surface area contributed by atoms with Gasteiger partial charge < -0.3 is 4.74 Å². The van der Waals surface area contributed by atoms with Crippen LogP contribution in [-0.2, 0) is 13.1 Å². The van der Waals surface area contributed by atoms with E-state index in [4.69, 9.17) is 16.3 Å². The number of pyridine rings is 1. The van der Waals surface area contributed by atoms with Crippen LogP contribution in [0.5, 0.6) is 5.88 Å². The van der Waals surface area contributed by atoms with Gasteiger partial charge in [-0.1, -0.05) is 41.9 Å². The molecule has 1 aromatic heterocycles. The molecule has 24 heavy (non-hydrogen) atoms. The van der Waals surface area contributed by atoms with Crippen LogP contribution in [0.1, 0.15) is 16.7 Å². The monoisotopic (exact) mass is 338 g/mol. The lowest BCUT2D eigenvalue weighted by atomic mass is 10.1. The molecule has 0 bridgehead atoms. The number of hydrogen-bond acceptors (Lipinski definition) is 3. The Hall–Kier alpha value is -2.10. The van der Waals surface area contributed by atoms with Crippen LogP contribution in [-0.4, -0.2) is 23.0 Å². The van der Waals surface area contributed by atoms with Gasteiger partial charge in [0.25, 0.3) is 0 Å². The highest BCUT2D eigenvalue weighted by atomic mass is 35.5. The maximum atomic E-state index is 6.23. The lowest BCUT2D eigenvalue weighted by molar-refractivity contribution is 0.217. The molecule has 0 unspecified atom stereocenters. The molecule has 0 aliphatic carbocycles. The Labute approximate surface area is 146 Å². The average molecular weight is 339 g/mol. The van der Waals surface area contributed by atoms with Crippen molar-refractivity contribution in [1.82, 2.24) is 9.88 Å². The zero-order valence-corrected chi connectivity index (χ0v) is 14.4. The van der Waals surface area contributed by atoms with Crippen molar-refractivity contribution in [2.75, 3.05) is 13.2 Å². The molecule has 0 saturated carbocycles. The van der Waals surface area contributed by atoms with Gasteiger partial charge in [0.1, 0.15) is 6.61 Å². The summed E-state index contributed by atoms with van der Waals surface area (Å²) in [5, 5.41) is 1.86. The molecule has 0 saturated heterocycles. The summed E-state index contributed by atoms with van der Waals surface area (Å²) in [6.45, 7) is 5.32. The molecule has 4 heteroatoms. The van der Waals surface area contributed by atoms with E-state index in [9.17, 15) is 0 Å². The molecule has 0 radical (unpaired) electrons. The molecule has 0 N–H and O–H groups in total. The molecule has 4 rings (SSSR count). The van der Waals surface area contributed by atoms with Crippen LogP contribution >= 0.6 is 11.6 Å². The van der Waals surface area contributed by atoms with Crippen LogP contribution in [0.25, 0.3) is 10.9 Å². The quantitative estimate of drug-likeness (QED) is 0.683. The largest absolute Gasteiger partial charge is 0.476 e. The topological polar surface area (TPSA) is 25.4 Å². The standard InChI is InChI=1S/C20H19ClN2O/c1-14-9-16-10-17-13-23(12-15-5-3-2-4-6-15)7-8-24-20(17)22-19(16)11-18(14)21/h2-6,9-11H,7-8,12-13H2,1H3. The van der Waals surface area contributed by atoms with Crippen LogP contribution in [0.15, 0.2) is 48.5 Å². The summed E-state index contributed by atoms with van der Waals surface area (Å²) < 4.78 is 5.90. The van der Waals surface area contributed by atoms with Crippen molar-refractivity contribution in [1.29, 1.82) is 0 Å². The number of benzene rings is 2. The van der Waals surface area contributed by atoms with Crippen molar-refractivity contribution >= 4 is 22.5 Å². The lowest BCUT2D eigenvalue weighted by Gasteiger charge is -2.19. The van der Waals surface area contributed by atoms with Gasteiger partial charge in [0.15, 0.2) is 0 Å². The summed E-state index contributed by atoms with van der Waals surface area (Å²) in [4.78, 5) is 7.09. The first kappa shape index (κ1) is 15.4. The second kappa shape index (κ2) is 6.42. The number of aryl methyl sites for hydroxylation is 1. The van der Waals surface area contributed by atoms with Crippen LogP contribution in [0, 0.1) is 6.92 Å². The van der Waals surface area contributed by atoms with Crippen molar-refractivity contribution < 1.29 is 4.74 Å². The number of fused-ring (bicyclic) bond motifs is 2. The number of halogens is 1. The van der Waals surface area contributed by atoms with Gasteiger partial charge in [0.2, 0.25) is 5.88 Å². The molecule has 1 aliphatic heterocycles. The van der Waals surface area contributed by atoms with Gasteiger partial charge in [-0.05, 0) is 36.2 Å². The third-order valence-corrected chi connectivity index (χ3v) is 4.83. The third kappa shape index (κ3) is 3.10. The Morgan fingerprint density at radius 3 is 2.83 bits per heavy atom. The third-order valence-electron chi connectivity index (χ3n) is 4.42. The first-order chi connectivity index (χ1) is 11.7. The summed E-state index contributed by atoms with van der Waals surface area (Å²) in [6, 6.07) is 16.7. The van der Waals surface area contributed by atoms with Crippen molar-refractivity contribution in [2.24, 2.45) is 0 Å². The Balaban J connectivity index is 1.66. The van der Waals surface area contributed by atoms with Gasteiger partial charge in [-0.25, -0.2) is 4.98 Å². The zero-order valence-electron chi connectivity index (χ0n) is 13.6. The highest BCUT2D eigenvalue weighted by Gasteiger charge is 2.18. The van der Waals surface area contributed by atoms with Gasteiger partial charge in [0.05, 0.1) is 5.52 Å². The van der Waals surface area contributed by atoms with Gasteiger partial charge in [-0.15, -0.1) is 0 Å². The van der Waals surface area contributed by atoms with Crippen molar-refractivity contribution in [3.05, 3.63) is 70.2 Å². The zero-order chi connectivity index (χ0) is 16.5. The molecule has 0 atom stereocenters. The van der Waals surface area contributed by atoms with Crippen LogP contribution in [0.3, 0.4) is 0 Å². The van der Waals surface area contributed by atoms with Crippen molar-refractivity contribution in [2.45, 2.75) is 20.0 Å². The number of rotatable bonds is 2. The number of hydrogen-bond donors (Lipinski definition) is 0. The SMILES string of the molecule is Cc1cc2cc3c(nc2cc1Cl)OCCN(Cc1ccccc1)C3. The Kier molecular flexibility index (Phi) is 4.13. The van der Waals surface area contributed by atoms with E-state index in [0.29, 0.717) is 6.61 Å². The van der Waals surface area contributed by atoms with E-state index in [1.54, 1.807) is 0 Å². The minimum absolute atomic E-state index is 0.651. The second-order valence-electron chi connectivity index (χ2n) is 6.29. The maximum Gasteiger partial charge on any atom is 0.218 e.